The van der Waals surface area contributed by atoms with Gasteiger partial charge < -0.3 is 19.3 Å². The standard InChI is InChI=1S/C35H38ClFN2O3/c1-21(2)15-18-39-33-28(13-14-29(36)32(33)31-22(3)16-17-38(5)23(31)4)27(34(39)35(40)41)9-7-19-42-30-10-6-8-24-20-25(37)11-12-26(24)30/h6,8,10-14,16,20-21H,7,9,15,17-19H2,1-5H3,(H,40,41). The zero-order chi connectivity index (χ0) is 30.1. The number of aryl methyl sites for hydroxylation is 2. The molecule has 0 bridgehead atoms. The van der Waals surface area contributed by atoms with Crippen molar-refractivity contribution in [3.8, 4) is 5.75 Å². The number of ether oxygens (including phenoxy) is 1. The van der Waals surface area contributed by atoms with E-state index < -0.39 is 5.97 Å². The zero-order valence-electron chi connectivity index (χ0n) is 24.9. The Bertz CT molecular complexity index is 1730. The average Bonchev–Trinajstić information content (AvgIpc) is 3.26. The highest BCUT2D eigenvalue weighted by Gasteiger charge is 2.28. The second-order valence-electron chi connectivity index (χ2n) is 11.6. The number of aromatic carboxylic acids is 1. The SMILES string of the molecule is CC1=CCN(C)C(C)=C1c1c(Cl)ccc2c(CCCOc3cccc4cc(F)ccc34)c(C(=O)O)n(CCC(C)C)c12. The summed E-state index contributed by atoms with van der Waals surface area (Å²) >= 11 is 6.96. The summed E-state index contributed by atoms with van der Waals surface area (Å²) in [5, 5.41) is 13.7. The van der Waals surface area contributed by atoms with Crippen LogP contribution in [-0.2, 0) is 13.0 Å². The number of nitrogens with zero attached hydrogens (tertiary/aromatic N) is 2. The first-order valence-corrected chi connectivity index (χ1v) is 14.9. The fourth-order valence-electron chi connectivity index (χ4n) is 5.99. The summed E-state index contributed by atoms with van der Waals surface area (Å²) in [7, 11) is 2.06. The van der Waals surface area contributed by atoms with Crippen molar-refractivity contribution in [3.63, 3.8) is 0 Å². The lowest BCUT2D eigenvalue weighted by Crippen LogP contribution is -2.21. The monoisotopic (exact) mass is 588 g/mol. The molecule has 7 heteroatoms. The molecular weight excluding hydrogens is 551 g/mol. The van der Waals surface area contributed by atoms with E-state index in [9.17, 15) is 14.3 Å². The van der Waals surface area contributed by atoms with E-state index in [0.717, 1.165) is 62.6 Å². The summed E-state index contributed by atoms with van der Waals surface area (Å²) in [4.78, 5) is 15.1. The predicted molar refractivity (Wildman–Crippen MR) is 170 cm³/mol. The van der Waals surface area contributed by atoms with E-state index in [2.05, 4.69) is 45.7 Å². The van der Waals surface area contributed by atoms with Gasteiger partial charge in [0.15, 0.2) is 0 Å². The van der Waals surface area contributed by atoms with Gasteiger partial charge in [-0.25, -0.2) is 9.18 Å². The molecule has 1 aromatic heterocycles. The number of allylic oxidation sites excluding steroid dienone is 3. The van der Waals surface area contributed by atoms with Crippen LogP contribution in [0.5, 0.6) is 5.75 Å². The Morgan fingerprint density at radius 3 is 2.62 bits per heavy atom. The number of rotatable bonds is 10. The third-order valence-corrected chi connectivity index (χ3v) is 8.61. The van der Waals surface area contributed by atoms with E-state index in [1.54, 1.807) is 6.07 Å². The Balaban J connectivity index is 1.57. The minimum absolute atomic E-state index is 0.286. The molecule has 0 spiro atoms. The number of carbonyl (C=O) groups is 1. The van der Waals surface area contributed by atoms with Crippen LogP contribution in [0.3, 0.4) is 0 Å². The van der Waals surface area contributed by atoms with Gasteiger partial charge in [0.1, 0.15) is 17.3 Å². The molecule has 0 amide bonds. The van der Waals surface area contributed by atoms with Crippen LogP contribution in [0.15, 0.2) is 65.9 Å². The minimum atomic E-state index is -0.942. The van der Waals surface area contributed by atoms with Crippen molar-refractivity contribution in [1.29, 1.82) is 0 Å². The van der Waals surface area contributed by atoms with Gasteiger partial charge in [0, 0.05) is 47.7 Å². The summed E-state index contributed by atoms with van der Waals surface area (Å²) in [6.07, 6.45) is 4.17. The normalized spacial score (nSPS) is 13.9. The van der Waals surface area contributed by atoms with Crippen molar-refractivity contribution in [2.75, 3.05) is 20.2 Å². The second-order valence-corrected chi connectivity index (χ2v) is 12.0. The van der Waals surface area contributed by atoms with Crippen LogP contribution >= 0.6 is 11.6 Å². The summed E-state index contributed by atoms with van der Waals surface area (Å²) in [5.74, 6) is -0.139. The first-order valence-electron chi connectivity index (χ1n) is 14.6. The van der Waals surface area contributed by atoms with Gasteiger partial charge >= 0.3 is 5.97 Å². The number of carboxylic acids is 1. The lowest BCUT2D eigenvalue weighted by atomic mass is 9.91. The number of carboxylic acid groups (broad SMARTS) is 1. The fourth-order valence-corrected chi connectivity index (χ4v) is 6.23. The van der Waals surface area contributed by atoms with Crippen LogP contribution in [0.1, 0.15) is 62.2 Å². The summed E-state index contributed by atoms with van der Waals surface area (Å²) in [6.45, 7) is 10.3. The lowest BCUT2D eigenvalue weighted by Gasteiger charge is -2.29. The maximum atomic E-state index is 13.7. The number of halogens is 2. The Kier molecular flexibility index (Phi) is 8.65. The third kappa shape index (κ3) is 5.65. The highest BCUT2D eigenvalue weighted by atomic mass is 35.5. The first-order chi connectivity index (χ1) is 20.1. The van der Waals surface area contributed by atoms with Gasteiger partial charge in [0.05, 0.1) is 17.1 Å². The quantitative estimate of drug-likeness (QED) is 0.188. The Morgan fingerprint density at radius 2 is 1.88 bits per heavy atom. The topological polar surface area (TPSA) is 54.7 Å². The van der Waals surface area contributed by atoms with Crippen LogP contribution in [0.4, 0.5) is 4.39 Å². The Labute approximate surface area is 251 Å². The van der Waals surface area contributed by atoms with E-state index in [4.69, 9.17) is 16.3 Å². The second kappa shape index (κ2) is 12.2. The zero-order valence-corrected chi connectivity index (χ0v) is 25.7. The van der Waals surface area contributed by atoms with Crippen LogP contribution in [0, 0.1) is 11.7 Å². The van der Waals surface area contributed by atoms with Gasteiger partial charge in [-0.3, -0.25) is 0 Å². The van der Waals surface area contributed by atoms with E-state index >= 15 is 0 Å². The molecule has 5 rings (SSSR count). The molecule has 42 heavy (non-hydrogen) atoms. The van der Waals surface area contributed by atoms with Gasteiger partial charge in [0.2, 0.25) is 0 Å². The van der Waals surface area contributed by atoms with E-state index in [-0.39, 0.29) is 5.82 Å². The molecule has 0 saturated carbocycles. The molecule has 1 aliphatic heterocycles. The number of hydrogen-bond donors (Lipinski definition) is 1. The van der Waals surface area contributed by atoms with Crippen molar-refractivity contribution in [3.05, 3.63) is 93.5 Å². The van der Waals surface area contributed by atoms with Crippen molar-refractivity contribution >= 4 is 44.8 Å². The number of benzene rings is 3. The maximum absolute atomic E-state index is 13.7. The van der Waals surface area contributed by atoms with E-state index in [1.165, 1.54) is 12.1 Å². The molecule has 0 fully saturated rings. The molecular formula is C35H38ClFN2O3. The van der Waals surface area contributed by atoms with Crippen LogP contribution < -0.4 is 4.74 Å². The molecule has 5 nitrogen and oxygen atoms in total. The maximum Gasteiger partial charge on any atom is 0.352 e. The highest BCUT2D eigenvalue weighted by Crippen LogP contribution is 2.42. The molecule has 0 atom stereocenters. The number of fused-ring (bicyclic) bond motifs is 2. The van der Waals surface area contributed by atoms with Crippen molar-refractivity contribution in [2.24, 2.45) is 5.92 Å². The molecule has 1 N–H and O–H groups in total. The fraction of sp³-hybridized carbons (Fsp3) is 0.343. The summed E-state index contributed by atoms with van der Waals surface area (Å²) < 4.78 is 21.8. The van der Waals surface area contributed by atoms with Gasteiger partial charge in [0.25, 0.3) is 0 Å². The van der Waals surface area contributed by atoms with Crippen molar-refractivity contribution < 1.29 is 19.0 Å². The van der Waals surface area contributed by atoms with Crippen LogP contribution in [-0.4, -0.2) is 40.7 Å². The Hall–Kier alpha value is -3.77. The number of likely N-dealkylation sites (N-methyl/N-ethyl adjacent to an activating group) is 1. The van der Waals surface area contributed by atoms with Gasteiger partial charge in [-0.05, 0) is 85.9 Å². The van der Waals surface area contributed by atoms with Crippen LogP contribution in [0.25, 0.3) is 27.2 Å². The van der Waals surface area contributed by atoms with Gasteiger partial charge in [-0.15, -0.1) is 0 Å². The highest BCUT2D eigenvalue weighted by molar-refractivity contribution is 6.34. The molecule has 1 aliphatic rings. The number of aromatic nitrogens is 1. The molecule has 2 heterocycles. The largest absolute Gasteiger partial charge is 0.493 e. The van der Waals surface area contributed by atoms with Crippen molar-refractivity contribution in [1.82, 2.24) is 9.47 Å². The molecule has 220 valence electrons. The first kappa shape index (κ1) is 29.7. The van der Waals surface area contributed by atoms with E-state index in [0.29, 0.717) is 48.4 Å². The average molecular weight is 589 g/mol. The minimum Gasteiger partial charge on any atom is -0.493 e. The summed E-state index contributed by atoms with van der Waals surface area (Å²) in [5.41, 5.74) is 6.20. The van der Waals surface area contributed by atoms with E-state index in [1.807, 2.05) is 34.9 Å². The molecule has 0 radical (unpaired) electrons. The molecule has 3 aromatic carbocycles. The molecule has 0 aliphatic carbocycles. The molecule has 0 saturated heterocycles. The predicted octanol–water partition coefficient (Wildman–Crippen LogP) is 8.97. The Morgan fingerprint density at radius 1 is 1.12 bits per heavy atom. The van der Waals surface area contributed by atoms with Crippen molar-refractivity contribution in [2.45, 2.75) is 53.5 Å². The third-order valence-electron chi connectivity index (χ3n) is 8.29. The van der Waals surface area contributed by atoms with Gasteiger partial charge in [-0.2, -0.15) is 0 Å². The summed E-state index contributed by atoms with van der Waals surface area (Å²) in [6, 6.07) is 14.1. The smallest absolute Gasteiger partial charge is 0.352 e. The number of hydrogen-bond acceptors (Lipinski definition) is 3. The van der Waals surface area contributed by atoms with Crippen LogP contribution in [0.2, 0.25) is 5.02 Å². The lowest BCUT2D eigenvalue weighted by molar-refractivity contribution is 0.0683. The molecule has 0 unspecified atom stereocenters. The van der Waals surface area contributed by atoms with Gasteiger partial charge in [-0.1, -0.05) is 49.7 Å². The molecule has 4 aromatic rings.